The smallest absolute Gasteiger partial charge is 0.217 e. The highest BCUT2D eigenvalue weighted by atomic mass is 16.8. The van der Waals surface area contributed by atoms with Gasteiger partial charge in [0.1, 0.15) is 146 Å². The van der Waals surface area contributed by atoms with Gasteiger partial charge in [0.25, 0.3) is 0 Å². The monoisotopic (exact) mass is 1110 g/mol. The molecule has 0 aromatic rings. The first-order valence-electron chi connectivity index (χ1n) is 24.1. The van der Waals surface area contributed by atoms with E-state index in [0.717, 1.165) is 20.8 Å². The molecule has 30 atom stereocenters. The van der Waals surface area contributed by atoms with E-state index in [2.05, 4.69) is 16.0 Å². The van der Waals surface area contributed by atoms with Gasteiger partial charge < -0.3 is 155 Å². The lowest BCUT2D eigenvalue weighted by Crippen LogP contribution is -2.70. The van der Waals surface area contributed by atoms with E-state index in [4.69, 9.17) is 52.1 Å². The van der Waals surface area contributed by atoms with Crippen LogP contribution in [0.25, 0.3) is 0 Å². The number of carbonyl (C=O) groups excluding carboxylic acids is 3. The van der Waals surface area contributed by atoms with Crippen LogP contribution in [-0.2, 0) is 66.5 Å². The number of nitrogens with one attached hydrogen (secondary N) is 3. The van der Waals surface area contributed by atoms with E-state index in [1.807, 2.05) is 0 Å². The van der Waals surface area contributed by atoms with Crippen molar-refractivity contribution < 1.29 is 153 Å². The molecule has 6 heterocycles. The fraction of sp³-hybridized carbons (Fsp3) is 0.929. The molecule has 76 heavy (non-hydrogen) atoms. The summed E-state index contributed by atoms with van der Waals surface area (Å²) in [6, 6.07) is -4.82. The molecule has 3 amide bonds. The highest BCUT2D eigenvalue weighted by Crippen LogP contribution is 2.36. The van der Waals surface area contributed by atoms with Crippen LogP contribution in [0.4, 0.5) is 0 Å². The van der Waals surface area contributed by atoms with Gasteiger partial charge in [-0.25, -0.2) is 0 Å². The van der Waals surface area contributed by atoms with Crippen LogP contribution in [-0.4, -0.2) is 328 Å². The molecule has 0 aliphatic carbocycles. The molecule has 34 nitrogen and oxygen atoms in total. The predicted octanol–water partition coefficient (Wildman–Crippen LogP) is -13.7. The van der Waals surface area contributed by atoms with Gasteiger partial charge in [-0.3, -0.25) is 14.4 Å². The molecule has 0 radical (unpaired) electrons. The molecule has 0 spiro atoms. The van der Waals surface area contributed by atoms with Crippen LogP contribution < -0.4 is 16.0 Å². The molecule has 6 aliphatic rings. The van der Waals surface area contributed by atoms with Gasteiger partial charge in [0.05, 0.1) is 39.6 Å². The zero-order chi connectivity index (χ0) is 56.2. The van der Waals surface area contributed by atoms with Crippen molar-refractivity contribution in [3.8, 4) is 0 Å². The van der Waals surface area contributed by atoms with Crippen molar-refractivity contribution in [3.63, 3.8) is 0 Å². The Kier molecular flexibility index (Phi) is 22.3. The summed E-state index contributed by atoms with van der Waals surface area (Å²) in [4.78, 5) is 36.5. The van der Waals surface area contributed by atoms with E-state index in [9.17, 15) is 101 Å². The largest absolute Gasteiger partial charge is 0.394 e. The number of ether oxygens (including phenoxy) is 11. The summed E-state index contributed by atoms with van der Waals surface area (Å²) in [5.41, 5.74) is 0. The van der Waals surface area contributed by atoms with Crippen molar-refractivity contribution in [1.82, 2.24) is 16.0 Å². The average molecular weight is 1110 g/mol. The maximum absolute atomic E-state index is 12.6. The summed E-state index contributed by atoms with van der Waals surface area (Å²) in [7, 11) is 0. The summed E-state index contributed by atoms with van der Waals surface area (Å²) >= 11 is 0. The van der Waals surface area contributed by atoms with E-state index < -0.39 is 241 Å². The van der Waals surface area contributed by atoms with Crippen LogP contribution >= 0.6 is 0 Å². The first kappa shape index (κ1) is 62.5. The second kappa shape index (κ2) is 27.2. The zero-order valence-electron chi connectivity index (χ0n) is 40.9. The first-order valence-corrected chi connectivity index (χ1v) is 24.1. The number of aliphatic hydroxyl groups is 17. The molecule has 6 aliphatic heterocycles. The molecule has 6 saturated heterocycles. The number of rotatable bonds is 19. The van der Waals surface area contributed by atoms with Crippen LogP contribution in [0.15, 0.2) is 0 Å². The normalized spacial score (nSPS) is 48.2. The number of carbonyl (C=O) groups is 3. The highest BCUT2D eigenvalue weighted by molar-refractivity contribution is 5.74. The molecule has 20 N–H and O–H groups in total. The fourth-order valence-corrected chi connectivity index (χ4v) is 9.63. The Hall–Kier alpha value is -2.71. The summed E-state index contributed by atoms with van der Waals surface area (Å²) in [5, 5.41) is 190. The molecule has 6 rings (SSSR count). The lowest BCUT2D eigenvalue weighted by atomic mass is 9.94. The number of hydrogen-bond acceptors (Lipinski definition) is 31. The van der Waals surface area contributed by atoms with E-state index >= 15 is 0 Å². The maximum Gasteiger partial charge on any atom is 0.217 e. The molecular formula is C42H71N3O31. The van der Waals surface area contributed by atoms with Crippen molar-refractivity contribution in [2.45, 2.75) is 205 Å². The number of aliphatic hydroxyl groups excluding tert-OH is 17. The fourth-order valence-electron chi connectivity index (χ4n) is 9.63. The van der Waals surface area contributed by atoms with Crippen molar-refractivity contribution in [2.75, 3.05) is 39.6 Å². The third-order valence-electron chi connectivity index (χ3n) is 13.6. The van der Waals surface area contributed by atoms with E-state index in [1.54, 1.807) is 0 Å². The Morgan fingerprint density at radius 1 is 0.342 bits per heavy atom. The first-order chi connectivity index (χ1) is 35.9. The van der Waals surface area contributed by atoms with Crippen LogP contribution in [0.2, 0.25) is 0 Å². The molecule has 440 valence electrons. The summed E-state index contributed by atoms with van der Waals surface area (Å²) in [6.07, 6.45) is -51.0. The molecular weight excluding hydrogens is 1040 g/mol. The minimum Gasteiger partial charge on any atom is -0.394 e. The topological polar surface area (TPSA) is 533 Å². The molecule has 6 fully saturated rings. The van der Waals surface area contributed by atoms with Crippen LogP contribution in [0.3, 0.4) is 0 Å². The Balaban J connectivity index is 1.24. The van der Waals surface area contributed by atoms with Gasteiger partial charge in [-0.1, -0.05) is 0 Å². The standard InChI is InChI=1S/C42H71N3O31/c1-10(51)43-19-26(58)33(15(6-48)67-37(19)65)73-39-21(45-12(3)53)27(59)34(16(7-49)70-39)75-42-32(64)36(76-41-30(62)28(60)23(55)14(5-47)69-41)24(56)18(72-42)9-66-40-31(63)29(61)35(17(8-50)71-40)74-38-20(44-11(2)52)25(57)22(54)13(4-46)68-38/h13-42,46-50,54-65H,4-9H2,1-3H3,(H,43,51)(H,44,52)(H,45,53)/t13-,14-,15-,16-,17-,18-,19-,20-,21-,22-,23-,24-,25-,26-,27-,28+,29-,30+,31+,32+,33-,34-,35-,36+,37?,38+,39+,40+,41-,42+/m1/s1. The molecule has 0 bridgehead atoms. The minimum atomic E-state index is -2.27. The predicted molar refractivity (Wildman–Crippen MR) is 234 cm³/mol. The molecule has 0 saturated carbocycles. The van der Waals surface area contributed by atoms with Gasteiger partial charge in [0.15, 0.2) is 37.7 Å². The van der Waals surface area contributed by atoms with Crippen molar-refractivity contribution >= 4 is 17.7 Å². The lowest BCUT2D eigenvalue weighted by Gasteiger charge is -2.50. The third kappa shape index (κ3) is 13.7. The Morgan fingerprint density at radius 3 is 1.21 bits per heavy atom. The van der Waals surface area contributed by atoms with Crippen LogP contribution in [0.5, 0.6) is 0 Å². The van der Waals surface area contributed by atoms with Gasteiger partial charge in [-0.05, 0) is 0 Å². The summed E-state index contributed by atoms with van der Waals surface area (Å²) < 4.78 is 63.1. The second-order valence-electron chi connectivity index (χ2n) is 19.0. The summed E-state index contributed by atoms with van der Waals surface area (Å²) in [6.45, 7) is -2.54. The Bertz CT molecular complexity index is 1870. The van der Waals surface area contributed by atoms with Crippen molar-refractivity contribution in [3.05, 3.63) is 0 Å². The zero-order valence-corrected chi connectivity index (χ0v) is 40.9. The van der Waals surface area contributed by atoms with Gasteiger partial charge >= 0.3 is 0 Å². The molecule has 0 aromatic heterocycles. The van der Waals surface area contributed by atoms with E-state index in [-0.39, 0.29) is 0 Å². The maximum atomic E-state index is 12.6. The second-order valence-corrected chi connectivity index (χ2v) is 19.0. The van der Waals surface area contributed by atoms with Gasteiger partial charge in [-0.2, -0.15) is 0 Å². The SMILES string of the molecule is CC(=O)N[C@H]1[C@H](O[C@H]2[C@H](O)[C@@H](NC(C)=O)C(O)O[C@@H]2CO)O[C@H](CO)[C@@H](O[C@@H]2O[C@H](CO[C@H]3O[C@H](CO)[C@@H](O[C@@H]4O[C@H](CO)[C@@H](O)[C@H](O)[C@H]4NC(C)=O)[C@H](O)[C@@H]3O)[C@@H](O)[C@H](O[C@H]3O[C@H](CO)[C@@H](O)[C@H](O)[C@@H]3O)[C@@H]2O)[C@@H]1O. The van der Waals surface area contributed by atoms with Gasteiger partial charge in [0.2, 0.25) is 17.7 Å². The number of amides is 3. The van der Waals surface area contributed by atoms with E-state index in [1.165, 1.54) is 0 Å². The Morgan fingerprint density at radius 2 is 0.697 bits per heavy atom. The summed E-state index contributed by atoms with van der Waals surface area (Å²) in [5.74, 6) is -2.28. The third-order valence-corrected chi connectivity index (χ3v) is 13.6. The quantitative estimate of drug-likeness (QED) is 0.0571. The number of hydrogen-bond donors (Lipinski definition) is 20. The highest BCUT2D eigenvalue weighted by Gasteiger charge is 2.57. The van der Waals surface area contributed by atoms with Gasteiger partial charge in [-0.15, -0.1) is 0 Å². The van der Waals surface area contributed by atoms with Crippen LogP contribution in [0.1, 0.15) is 20.8 Å². The molecule has 0 aromatic carbocycles. The molecule has 1 unspecified atom stereocenters. The average Bonchev–Trinajstić information content (AvgIpc) is 3.37. The molecule has 34 heteroatoms. The van der Waals surface area contributed by atoms with Gasteiger partial charge in [0, 0.05) is 20.8 Å². The minimum absolute atomic E-state index is 0.717. The van der Waals surface area contributed by atoms with Crippen molar-refractivity contribution in [1.29, 1.82) is 0 Å². The Labute approximate surface area is 431 Å². The van der Waals surface area contributed by atoms with E-state index in [0.29, 0.717) is 0 Å². The van der Waals surface area contributed by atoms with Crippen LogP contribution in [0, 0.1) is 0 Å². The van der Waals surface area contributed by atoms with Crippen molar-refractivity contribution in [2.24, 2.45) is 0 Å². The lowest BCUT2D eigenvalue weighted by molar-refractivity contribution is -0.385.